The van der Waals surface area contributed by atoms with E-state index in [0.29, 0.717) is 6.04 Å². The van der Waals surface area contributed by atoms with Gasteiger partial charge in [0.05, 0.1) is 22.9 Å². The van der Waals surface area contributed by atoms with E-state index in [2.05, 4.69) is 44.4 Å². The highest BCUT2D eigenvalue weighted by Gasteiger charge is 2.21. The number of thioether (sulfide) groups is 1. The maximum absolute atomic E-state index is 9.11. The molecule has 1 aromatic heterocycles. The molecule has 0 aliphatic carbocycles. The predicted octanol–water partition coefficient (Wildman–Crippen LogP) is 3.77. The second kappa shape index (κ2) is 7.70. The highest BCUT2D eigenvalue weighted by atomic mass is 79.9. The molecular formula is C18H22BrN3O2S. The lowest BCUT2D eigenvalue weighted by Gasteiger charge is -2.24. The molecule has 2 aromatic rings. The molecule has 1 fully saturated rings. The van der Waals surface area contributed by atoms with Crippen LogP contribution in [0.3, 0.4) is 0 Å². The fourth-order valence-corrected chi connectivity index (χ4v) is 4.91. The lowest BCUT2D eigenvalue weighted by Crippen LogP contribution is -2.27. The Labute approximate surface area is 159 Å². The van der Waals surface area contributed by atoms with Crippen molar-refractivity contribution in [2.75, 3.05) is 30.9 Å². The third-order valence-corrected chi connectivity index (χ3v) is 6.29. The van der Waals surface area contributed by atoms with Crippen molar-refractivity contribution in [2.24, 2.45) is 4.99 Å². The Morgan fingerprint density at radius 2 is 2.16 bits per heavy atom. The van der Waals surface area contributed by atoms with Crippen LogP contribution in [0.2, 0.25) is 0 Å². The molecule has 3 N–H and O–H groups in total. The van der Waals surface area contributed by atoms with Crippen molar-refractivity contribution < 1.29 is 9.84 Å². The maximum Gasteiger partial charge on any atom is 0.114 e. The molecule has 7 heteroatoms. The Morgan fingerprint density at radius 3 is 2.96 bits per heavy atom. The summed E-state index contributed by atoms with van der Waals surface area (Å²) in [5, 5.41) is 15.0. The number of rotatable bonds is 5. The van der Waals surface area contributed by atoms with Crippen LogP contribution in [0.4, 0.5) is 5.69 Å². The van der Waals surface area contributed by atoms with E-state index in [1.165, 1.54) is 5.39 Å². The van der Waals surface area contributed by atoms with Crippen molar-refractivity contribution in [2.45, 2.75) is 31.3 Å². The van der Waals surface area contributed by atoms with E-state index < -0.39 is 0 Å². The zero-order valence-corrected chi connectivity index (χ0v) is 16.3. The maximum atomic E-state index is 9.11. The molecule has 1 unspecified atom stereocenters. The van der Waals surface area contributed by atoms with E-state index in [1.54, 1.807) is 11.8 Å². The standard InChI is InChI=1S/C18H22BrN3O2S/c19-12-7-11-8-16(18-21-14(1-4-23)10-25-18)22-17(11)15(9-12)20-13-2-5-24-6-3-13/h7-9,13-14,20,22-23H,1-6,10H2. The lowest BCUT2D eigenvalue weighted by molar-refractivity contribution is 0.0905. The number of benzene rings is 1. The van der Waals surface area contributed by atoms with Crippen molar-refractivity contribution in [1.82, 2.24) is 4.98 Å². The second-order valence-electron chi connectivity index (χ2n) is 6.54. The van der Waals surface area contributed by atoms with Crippen molar-refractivity contribution in [3.63, 3.8) is 0 Å². The number of hydrogen-bond acceptors (Lipinski definition) is 5. The predicted molar refractivity (Wildman–Crippen MR) is 108 cm³/mol. The first-order valence-electron chi connectivity index (χ1n) is 8.71. The number of nitrogens with zero attached hydrogens (tertiary/aromatic N) is 1. The molecule has 0 spiro atoms. The van der Waals surface area contributed by atoms with Gasteiger partial charge in [0.2, 0.25) is 0 Å². The summed E-state index contributed by atoms with van der Waals surface area (Å²) in [6.45, 7) is 1.84. The van der Waals surface area contributed by atoms with Crippen LogP contribution in [-0.4, -0.2) is 52.8 Å². The number of nitrogens with one attached hydrogen (secondary N) is 2. The quantitative estimate of drug-likeness (QED) is 0.684. The normalized spacial score (nSPS) is 21.7. The second-order valence-corrected chi connectivity index (χ2v) is 8.47. The number of fused-ring (bicyclic) bond motifs is 1. The topological polar surface area (TPSA) is 69.6 Å². The van der Waals surface area contributed by atoms with Gasteiger partial charge in [-0.15, -0.1) is 11.8 Å². The Bertz CT molecular complexity index is 786. The van der Waals surface area contributed by atoms with Gasteiger partial charge in [-0.3, -0.25) is 4.99 Å². The summed E-state index contributed by atoms with van der Waals surface area (Å²) >= 11 is 5.39. The van der Waals surface area contributed by atoms with Crippen LogP contribution in [0.5, 0.6) is 0 Å². The molecule has 0 saturated carbocycles. The van der Waals surface area contributed by atoms with E-state index in [4.69, 9.17) is 14.8 Å². The summed E-state index contributed by atoms with van der Waals surface area (Å²) in [6.07, 6.45) is 2.80. The van der Waals surface area contributed by atoms with Gasteiger partial charge in [-0.1, -0.05) is 15.9 Å². The fourth-order valence-electron chi connectivity index (χ4n) is 3.36. The minimum Gasteiger partial charge on any atom is -0.396 e. The van der Waals surface area contributed by atoms with Crippen LogP contribution >= 0.6 is 27.7 Å². The van der Waals surface area contributed by atoms with E-state index in [9.17, 15) is 0 Å². The molecule has 2 aliphatic rings. The molecule has 2 aliphatic heterocycles. The molecule has 3 heterocycles. The van der Waals surface area contributed by atoms with Gasteiger partial charge in [-0.25, -0.2) is 0 Å². The van der Waals surface area contributed by atoms with E-state index in [-0.39, 0.29) is 12.6 Å². The van der Waals surface area contributed by atoms with Gasteiger partial charge in [-0.05, 0) is 37.5 Å². The summed E-state index contributed by atoms with van der Waals surface area (Å²) in [4.78, 5) is 8.31. The molecule has 0 radical (unpaired) electrons. The van der Waals surface area contributed by atoms with Crippen LogP contribution in [0.15, 0.2) is 27.7 Å². The zero-order chi connectivity index (χ0) is 17.2. The first-order chi connectivity index (χ1) is 12.2. The van der Waals surface area contributed by atoms with Gasteiger partial charge in [0.1, 0.15) is 5.04 Å². The van der Waals surface area contributed by atoms with Crippen LogP contribution in [0.25, 0.3) is 10.9 Å². The molecule has 5 nitrogen and oxygen atoms in total. The third-order valence-electron chi connectivity index (χ3n) is 4.68. The number of aliphatic hydroxyl groups excluding tert-OH is 1. The smallest absolute Gasteiger partial charge is 0.114 e. The van der Waals surface area contributed by atoms with Gasteiger partial charge in [0, 0.05) is 41.5 Å². The molecule has 1 aromatic carbocycles. The SMILES string of the molecule is OCCC1CSC(c2cc3cc(Br)cc(NC4CCOCC4)c3[nH]2)=N1. The monoisotopic (exact) mass is 423 g/mol. The summed E-state index contributed by atoms with van der Waals surface area (Å²) in [6, 6.07) is 7.11. The number of anilines is 1. The van der Waals surface area contributed by atoms with Crippen LogP contribution in [0.1, 0.15) is 25.0 Å². The Morgan fingerprint density at radius 1 is 1.32 bits per heavy atom. The highest BCUT2D eigenvalue weighted by Crippen LogP contribution is 2.33. The molecule has 1 saturated heterocycles. The number of halogens is 1. The summed E-state index contributed by atoms with van der Waals surface area (Å²) < 4.78 is 6.53. The van der Waals surface area contributed by atoms with Gasteiger partial charge in [0.25, 0.3) is 0 Å². The van der Waals surface area contributed by atoms with E-state index in [1.807, 2.05) is 0 Å². The minimum atomic E-state index is 0.195. The number of aliphatic hydroxyl groups is 1. The largest absolute Gasteiger partial charge is 0.396 e. The number of H-pyrrole nitrogens is 1. The third kappa shape index (κ3) is 3.89. The van der Waals surface area contributed by atoms with Gasteiger partial charge < -0.3 is 20.1 Å². The number of aromatic nitrogens is 1. The van der Waals surface area contributed by atoms with Crippen LogP contribution in [0, 0.1) is 0 Å². The Balaban J connectivity index is 1.63. The molecule has 25 heavy (non-hydrogen) atoms. The van der Waals surface area contributed by atoms with Crippen LogP contribution < -0.4 is 5.32 Å². The molecule has 134 valence electrons. The first kappa shape index (κ1) is 17.4. The summed E-state index contributed by atoms with van der Waals surface area (Å²) in [7, 11) is 0. The summed E-state index contributed by atoms with van der Waals surface area (Å²) in [5.41, 5.74) is 3.31. The van der Waals surface area contributed by atoms with Crippen molar-refractivity contribution >= 4 is 49.3 Å². The van der Waals surface area contributed by atoms with Crippen molar-refractivity contribution in [3.8, 4) is 0 Å². The van der Waals surface area contributed by atoms with Crippen molar-refractivity contribution in [3.05, 3.63) is 28.4 Å². The minimum absolute atomic E-state index is 0.195. The Kier molecular flexibility index (Phi) is 5.36. The first-order valence-corrected chi connectivity index (χ1v) is 10.5. The molecule has 0 amide bonds. The van der Waals surface area contributed by atoms with Gasteiger partial charge in [-0.2, -0.15) is 0 Å². The van der Waals surface area contributed by atoms with E-state index in [0.717, 1.165) is 64.6 Å². The van der Waals surface area contributed by atoms with Crippen molar-refractivity contribution in [1.29, 1.82) is 0 Å². The summed E-state index contributed by atoms with van der Waals surface area (Å²) in [5.74, 6) is 0.947. The van der Waals surface area contributed by atoms with Gasteiger partial charge >= 0.3 is 0 Å². The number of aromatic amines is 1. The number of aliphatic imine (C=N–C) groups is 1. The molecular weight excluding hydrogens is 402 g/mol. The van der Waals surface area contributed by atoms with Crippen LogP contribution in [-0.2, 0) is 4.74 Å². The Hall–Kier alpha value is -1.02. The van der Waals surface area contributed by atoms with E-state index >= 15 is 0 Å². The number of hydrogen-bond donors (Lipinski definition) is 3. The average Bonchev–Trinajstić information content (AvgIpc) is 3.23. The zero-order valence-electron chi connectivity index (χ0n) is 13.9. The molecule has 1 atom stereocenters. The fraction of sp³-hybridized carbons (Fsp3) is 0.500. The molecule has 0 bridgehead atoms. The number of ether oxygens (including phenoxy) is 1. The highest BCUT2D eigenvalue weighted by molar-refractivity contribution is 9.10. The van der Waals surface area contributed by atoms with Gasteiger partial charge in [0.15, 0.2) is 0 Å². The lowest BCUT2D eigenvalue weighted by atomic mass is 10.1. The molecule has 4 rings (SSSR count). The average molecular weight is 424 g/mol.